The van der Waals surface area contributed by atoms with Gasteiger partial charge in [-0.3, -0.25) is 4.79 Å². The number of carbonyl (C=O) groups excluding carboxylic acids is 1. The van der Waals surface area contributed by atoms with Crippen LogP contribution in [0.2, 0.25) is 0 Å². The average Bonchev–Trinajstić information content (AvgIpc) is 2.44. The van der Waals surface area contributed by atoms with E-state index in [1.165, 1.54) is 0 Å². The van der Waals surface area contributed by atoms with Crippen LogP contribution in [0.15, 0.2) is 24.3 Å². The molecule has 5 heteroatoms. The normalized spacial score (nSPS) is 13.6. The number of amides is 1. The Morgan fingerprint density at radius 1 is 1.30 bits per heavy atom. The van der Waals surface area contributed by atoms with Gasteiger partial charge in [0.2, 0.25) is 5.91 Å². The highest BCUT2D eigenvalue weighted by molar-refractivity contribution is 5.85. The predicted molar refractivity (Wildman–Crippen MR) is 77.1 cm³/mol. The maximum Gasteiger partial charge on any atom is 0.326 e. The fourth-order valence-electron chi connectivity index (χ4n) is 2.01. The summed E-state index contributed by atoms with van der Waals surface area (Å²) in [6, 6.07) is 6.55. The van der Waals surface area contributed by atoms with Crippen molar-refractivity contribution in [1.29, 1.82) is 0 Å². The first-order valence-corrected chi connectivity index (χ1v) is 6.78. The average molecular weight is 278 g/mol. The number of benzene rings is 1. The summed E-state index contributed by atoms with van der Waals surface area (Å²) in [5, 5.41) is 11.7. The number of rotatable bonds is 7. The van der Waals surface area contributed by atoms with E-state index in [-0.39, 0.29) is 18.2 Å². The van der Waals surface area contributed by atoms with Crippen molar-refractivity contribution in [3.63, 3.8) is 0 Å². The zero-order valence-electron chi connectivity index (χ0n) is 11.9. The Bertz CT molecular complexity index is 474. The van der Waals surface area contributed by atoms with E-state index in [0.29, 0.717) is 13.0 Å². The third-order valence-corrected chi connectivity index (χ3v) is 3.48. The Kier molecular flexibility index (Phi) is 6.18. The molecule has 1 aromatic carbocycles. The van der Waals surface area contributed by atoms with Gasteiger partial charge in [-0.15, -0.1) is 0 Å². The number of nitrogens with two attached hydrogens (primary N) is 1. The van der Waals surface area contributed by atoms with E-state index in [1.807, 2.05) is 38.1 Å². The topological polar surface area (TPSA) is 92.4 Å². The first-order chi connectivity index (χ1) is 9.49. The largest absolute Gasteiger partial charge is 0.480 e. The molecule has 2 atom stereocenters. The third kappa shape index (κ3) is 4.35. The van der Waals surface area contributed by atoms with Gasteiger partial charge in [0.05, 0.1) is 6.42 Å². The lowest BCUT2D eigenvalue weighted by Gasteiger charge is -2.20. The fourth-order valence-corrected chi connectivity index (χ4v) is 2.01. The van der Waals surface area contributed by atoms with Gasteiger partial charge < -0.3 is 16.2 Å². The van der Waals surface area contributed by atoms with Crippen LogP contribution in [0.1, 0.15) is 31.4 Å². The molecule has 20 heavy (non-hydrogen) atoms. The van der Waals surface area contributed by atoms with Crippen LogP contribution in [0, 0.1) is 5.92 Å². The summed E-state index contributed by atoms with van der Waals surface area (Å²) in [6.45, 7) is 4.07. The molecule has 5 nitrogen and oxygen atoms in total. The Morgan fingerprint density at radius 3 is 2.40 bits per heavy atom. The highest BCUT2D eigenvalue weighted by atomic mass is 16.4. The number of nitrogens with one attached hydrogen (secondary N) is 1. The van der Waals surface area contributed by atoms with Crippen molar-refractivity contribution >= 4 is 11.9 Å². The molecule has 1 aromatic rings. The van der Waals surface area contributed by atoms with Crippen molar-refractivity contribution in [2.24, 2.45) is 11.7 Å². The first kappa shape index (κ1) is 16.2. The van der Waals surface area contributed by atoms with Gasteiger partial charge in [-0.05, 0) is 17.0 Å². The molecule has 0 radical (unpaired) electrons. The summed E-state index contributed by atoms with van der Waals surface area (Å²) in [5.41, 5.74) is 7.35. The SMILES string of the molecule is CCC(C)[C@H](NC(=O)Cc1ccccc1CN)C(=O)O. The van der Waals surface area contributed by atoms with Gasteiger partial charge >= 0.3 is 5.97 Å². The van der Waals surface area contributed by atoms with Crippen molar-refractivity contribution in [2.75, 3.05) is 0 Å². The lowest BCUT2D eigenvalue weighted by Crippen LogP contribution is -2.45. The van der Waals surface area contributed by atoms with Gasteiger partial charge in [0.25, 0.3) is 0 Å². The maximum atomic E-state index is 12.0. The monoisotopic (exact) mass is 278 g/mol. The Labute approximate surface area is 119 Å². The zero-order chi connectivity index (χ0) is 15.1. The summed E-state index contributed by atoms with van der Waals surface area (Å²) in [7, 11) is 0. The van der Waals surface area contributed by atoms with Gasteiger partial charge in [0, 0.05) is 6.54 Å². The van der Waals surface area contributed by atoms with Crippen molar-refractivity contribution in [2.45, 2.75) is 39.3 Å². The van der Waals surface area contributed by atoms with E-state index in [4.69, 9.17) is 10.8 Å². The molecule has 1 amide bonds. The van der Waals surface area contributed by atoms with Gasteiger partial charge in [-0.1, -0.05) is 44.5 Å². The van der Waals surface area contributed by atoms with Gasteiger partial charge in [0.1, 0.15) is 6.04 Å². The molecule has 0 aromatic heterocycles. The molecule has 110 valence electrons. The second-order valence-electron chi connectivity index (χ2n) is 4.92. The molecule has 1 unspecified atom stereocenters. The molecule has 0 spiro atoms. The van der Waals surface area contributed by atoms with Crippen LogP contribution in [0.3, 0.4) is 0 Å². The maximum absolute atomic E-state index is 12.0. The van der Waals surface area contributed by atoms with Crippen LogP contribution < -0.4 is 11.1 Å². The van der Waals surface area contributed by atoms with E-state index in [1.54, 1.807) is 0 Å². The van der Waals surface area contributed by atoms with Gasteiger partial charge in [-0.25, -0.2) is 4.79 Å². The van der Waals surface area contributed by atoms with E-state index in [9.17, 15) is 9.59 Å². The summed E-state index contributed by atoms with van der Waals surface area (Å²) < 4.78 is 0. The lowest BCUT2D eigenvalue weighted by atomic mass is 9.98. The minimum absolute atomic E-state index is 0.110. The van der Waals surface area contributed by atoms with Crippen molar-refractivity contribution in [3.05, 3.63) is 35.4 Å². The summed E-state index contributed by atoms with van der Waals surface area (Å²) in [5.74, 6) is -1.40. The number of carboxylic acid groups (broad SMARTS) is 1. The van der Waals surface area contributed by atoms with Crippen molar-refractivity contribution in [1.82, 2.24) is 5.32 Å². The highest BCUT2D eigenvalue weighted by Gasteiger charge is 2.25. The first-order valence-electron chi connectivity index (χ1n) is 6.78. The third-order valence-electron chi connectivity index (χ3n) is 3.48. The Hall–Kier alpha value is -1.88. The second-order valence-corrected chi connectivity index (χ2v) is 4.92. The van der Waals surface area contributed by atoms with Gasteiger partial charge in [0.15, 0.2) is 0 Å². The quantitative estimate of drug-likeness (QED) is 0.701. The van der Waals surface area contributed by atoms with Gasteiger partial charge in [-0.2, -0.15) is 0 Å². The Morgan fingerprint density at radius 2 is 1.90 bits per heavy atom. The molecule has 4 N–H and O–H groups in total. The number of carboxylic acids is 1. The fraction of sp³-hybridized carbons (Fsp3) is 0.467. The standard InChI is InChI=1S/C15H22N2O3/c1-3-10(2)14(15(19)20)17-13(18)8-11-6-4-5-7-12(11)9-16/h4-7,10,14H,3,8-9,16H2,1-2H3,(H,17,18)(H,19,20)/t10?,14-/m0/s1. The molecule has 0 aliphatic rings. The minimum atomic E-state index is -1.00. The molecule has 0 saturated heterocycles. The van der Waals surface area contributed by atoms with Crippen molar-refractivity contribution < 1.29 is 14.7 Å². The molecule has 0 fully saturated rings. The smallest absolute Gasteiger partial charge is 0.326 e. The molecule has 1 rings (SSSR count). The Balaban J connectivity index is 2.73. The van der Waals surface area contributed by atoms with Crippen LogP contribution in [0.4, 0.5) is 0 Å². The molecule has 0 saturated carbocycles. The molecule has 0 heterocycles. The number of carbonyl (C=O) groups is 2. The van der Waals surface area contributed by atoms with Crippen LogP contribution in [-0.2, 0) is 22.6 Å². The second kappa shape index (κ2) is 7.65. The van der Waals surface area contributed by atoms with Crippen LogP contribution in [0.25, 0.3) is 0 Å². The van der Waals surface area contributed by atoms with Crippen molar-refractivity contribution in [3.8, 4) is 0 Å². The molecule has 0 bridgehead atoms. The molecule has 0 aliphatic carbocycles. The zero-order valence-corrected chi connectivity index (χ0v) is 11.9. The van der Waals surface area contributed by atoms with E-state index in [2.05, 4.69) is 5.32 Å². The number of hydrogen-bond acceptors (Lipinski definition) is 3. The summed E-state index contributed by atoms with van der Waals surface area (Å²) >= 11 is 0. The van der Waals surface area contributed by atoms with Crippen LogP contribution in [-0.4, -0.2) is 23.0 Å². The molecule has 0 aliphatic heterocycles. The lowest BCUT2D eigenvalue weighted by molar-refractivity contribution is -0.143. The summed E-state index contributed by atoms with van der Waals surface area (Å²) in [6.07, 6.45) is 0.838. The summed E-state index contributed by atoms with van der Waals surface area (Å²) in [4.78, 5) is 23.2. The van der Waals surface area contributed by atoms with Crippen LogP contribution >= 0.6 is 0 Å². The van der Waals surface area contributed by atoms with E-state index < -0.39 is 12.0 Å². The minimum Gasteiger partial charge on any atom is -0.480 e. The highest BCUT2D eigenvalue weighted by Crippen LogP contribution is 2.11. The number of hydrogen-bond donors (Lipinski definition) is 3. The van der Waals surface area contributed by atoms with Crippen LogP contribution in [0.5, 0.6) is 0 Å². The molecular weight excluding hydrogens is 256 g/mol. The van der Waals surface area contributed by atoms with E-state index in [0.717, 1.165) is 11.1 Å². The predicted octanol–water partition coefficient (Wildman–Crippen LogP) is 1.30. The molecular formula is C15H22N2O3. The number of aliphatic carboxylic acids is 1. The van der Waals surface area contributed by atoms with E-state index >= 15 is 0 Å².